The van der Waals surface area contributed by atoms with Crippen LogP contribution in [-0.4, -0.2) is 19.3 Å². The molecule has 1 rings (SSSR count). The maximum Gasteiger partial charge on any atom is 0.161 e. The molecule has 0 radical (unpaired) electrons. The van der Waals surface area contributed by atoms with Crippen LogP contribution >= 0.6 is 0 Å². The first kappa shape index (κ1) is 13.8. The summed E-state index contributed by atoms with van der Waals surface area (Å²) < 4.78 is 11.2. The van der Waals surface area contributed by atoms with Gasteiger partial charge in [0.15, 0.2) is 11.5 Å². The fourth-order valence-corrected chi connectivity index (χ4v) is 1.27. The van der Waals surface area contributed by atoms with Crippen LogP contribution in [0, 0.1) is 5.41 Å². The summed E-state index contributed by atoms with van der Waals surface area (Å²) in [6, 6.07) is 7.67. The summed E-state index contributed by atoms with van der Waals surface area (Å²) in [5.41, 5.74) is 6.10. The lowest BCUT2D eigenvalue weighted by Gasteiger charge is -2.27. The second-order valence-electron chi connectivity index (χ2n) is 5.16. The second-order valence-corrected chi connectivity index (χ2v) is 5.16. The highest BCUT2D eigenvalue weighted by atomic mass is 16.5. The Bertz CT molecular complexity index is 344. The Morgan fingerprint density at radius 2 is 1.65 bits per heavy atom. The summed E-state index contributed by atoms with van der Waals surface area (Å²) in [7, 11) is 0. The molecule has 3 heteroatoms. The van der Waals surface area contributed by atoms with Crippen molar-refractivity contribution in [1.29, 1.82) is 0 Å². The third-order valence-electron chi connectivity index (χ3n) is 2.68. The molecule has 0 aliphatic rings. The molecule has 0 aromatic heterocycles. The molecule has 0 fully saturated rings. The van der Waals surface area contributed by atoms with E-state index in [1.165, 1.54) is 0 Å². The molecule has 0 saturated heterocycles. The second kappa shape index (κ2) is 5.92. The Kier molecular flexibility index (Phi) is 4.82. The van der Waals surface area contributed by atoms with Crippen LogP contribution in [0.25, 0.3) is 0 Å². The zero-order chi connectivity index (χ0) is 12.9. The Balaban J connectivity index is 2.63. The molecule has 2 N–H and O–H groups in total. The first-order valence-corrected chi connectivity index (χ1v) is 6.05. The molecule has 0 saturated carbocycles. The van der Waals surface area contributed by atoms with Gasteiger partial charge in [0.25, 0.3) is 0 Å². The molecule has 0 aliphatic heterocycles. The number of benzene rings is 1. The van der Waals surface area contributed by atoms with Crippen LogP contribution < -0.4 is 15.2 Å². The maximum absolute atomic E-state index is 6.06. The quantitative estimate of drug-likeness (QED) is 0.856. The molecule has 1 aromatic carbocycles. The van der Waals surface area contributed by atoms with Crippen LogP contribution in [0.4, 0.5) is 0 Å². The van der Waals surface area contributed by atoms with E-state index in [1.807, 2.05) is 31.2 Å². The van der Waals surface area contributed by atoms with Gasteiger partial charge in [-0.3, -0.25) is 0 Å². The Hall–Kier alpha value is -1.22. The molecule has 0 amide bonds. The van der Waals surface area contributed by atoms with Crippen LogP contribution in [0.2, 0.25) is 0 Å². The molecule has 1 unspecified atom stereocenters. The molecular weight excluding hydrogens is 214 g/mol. The van der Waals surface area contributed by atoms with Crippen molar-refractivity contribution in [3.8, 4) is 11.5 Å². The molecule has 17 heavy (non-hydrogen) atoms. The van der Waals surface area contributed by atoms with Gasteiger partial charge in [0.2, 0.25) is 0 Å². The van der Waals surface area contributed by atoms with Crippen molar-refractivity contribution in [3.05, 3.63) is 24.3 Å². The molecule has 0 aliphatic carbocycles. The Labute approximate surface area is 104 Å². The Morgan fingerprint density at radius 3 is 2.12 bits per heavy atom. The molecule has 0 spiro atoms. The average molecular weight is 237 g/mol. The van der Waals surface area contributed by atoms with E-state index in [9.17, 15) is 0 Å². The average Bonchev–Trinajstić information content (AvgIpc) is 2.26. The van der Waals surface area contributed by atoms with Crippen molar-refractivity contribution in [3.63, 3.8) is 0 Å². The van der Waals surface area contributed by atoms with E-state index in [0.29, 0.717) is 13.2 Å². The zero-order valence-corrected chi connectivity index (χ0v) is 11.2. The fraction of sp³-hybridized carbons (Fsp3) is 0.571. The largest absolute Gasteiger partial charge is 0.490 e. The van der Waals surface area contributed by atoms with E-state index in [4.69, 9.17) is 15.2 Å². The van der Waals surface area contributed by atoms with Gasteiger partial charge in [-0.2, -0.15) is 0 Å². The van der Waals surface area contributed by atoms with Crippen molar-refractivity contribution in [2.24, 2.45) is 11.1 Å². The summed E-state index contributed by atoms with van der Waals surface area (Å²) in [6.45, 7) is 9.40. The van der Waals surface area contributed by atoms with Gasteiger partial charge in [-0.1, -0.05) is 32.9 Å². The number of para-hydroxylation sites is 2. The molecule has 1 atom stereocenters. The van der Waals surface area contributed by atoms with Gasteiger partial charge in [-0.15, -0.1) is 0 Å². The monoisotopic (exact) mass is 237 g/mol. The fourth-order valence-electron chi connectivity index (χ4n) is 1.27. The third-order valence-corrected chi connectivity index (χ3v) is 2.68. The van der Waals surface area contributed by atoms with E-state index in [-0.39, 0.29) is 11.5 Å². The topological polar surface area (TPSA) is 44.5 Å². The van der Waals surface area contributed by atoms with Crippen molar-refractivity contribution in [2.75, 3.05) is 13.2 Å². The minimum Gasteiger partial charge on any atom is -0.490 e. The SMILES string of the molecule is CCOc1ccccc1OCC(N)C(C)(C)C. The first-order valence-electron chi connectivity index (χ1n) is 6.05. The molecule has 0 heterocycles. The van der Waals surface area contributed by atoms with Crippen LogP contribution in [-0.2, 0) is 0 Å². The lowest BCUT2D eigenvalue weighted by atomic mass is 9.88. The lowest BCUT2D eigenvalue weighted by molar-refractivity contribution is 0.197. The number of hydrogen-bond donors (Lipinski definition) is 1. The number of nitrogens with two attached hydrogens (primary N) is 1. The molecule has 0 bridgehead atoms. The van der Waals surface area contributed by atoms with E-state index in [0.717, 1.165) is 11.5 Å². The van der Waals surface area contributed by atoms with Crippen LogP contribution in [0.5, 0.6) is 11.5 Å². The van der Waals surface area contributed by atoms with E-state index in [2.05, 4.69) is 20.8 Å². The van der Waals surface area contributed by atoms with Crippen LogP contribution in [0.3, 0.4) is 0 Å². The highest BCUT2D eigenvalue weighted by molar-refractivity contribution is 5.39. The summed E-state index contributed by atoms with van der Waals surface area (Å²) in [4.78, 5) is 0. The van der Waals surface area contributed by atoms with Crippen molar-refractivity contribution in [1.82, 2.24) is 0 Å². The maximum atomic E-state index is 6.06. The normalized spacial score (nSPS) is 13.2. The summed E-state index contributed by atoms with van der Waals surface area (Å²) >= 11 is 0. The molecular formula is C14H23NO2. The Morgan fingerprint density at radius 1 is 1.12 bits per heavy atom. The molecule has 3 nitrogen and oxygen atoms in total. The summed E-state index contributed by atoms with van der Waals surface area (Å²) in [6.07, 6.45) is 0. The number of hydrogen-bond acceptors (Lipinski definition) is 3. The summed E-state index contributed by atoms with van der Waals surface area (Å²) in [5.74, 6) is 1.53. The molecule has 1 aromatic rings. The zero-order valence-electron chi connectivity index (χ0n) is 11.2. The van der Waals surface area contributed by atoms with Crippen molar-refractivity contribution in [2.45, 2.75) is 33.7 Å². The third kappa shape index (κ3) is 4.27. The predicted molar refractivity (Wildman–Crippen MR) is 70.5 cm³/mol. The van der Waals surface area contributed by atoms with E-state index < -0.39 is 0 Å². The van der Waals surface area contributed by atoms with Gasteiger partial charge >= 0.3 is 0 Å². The van der Waals surface area contributed by atoms with E-state index in [1.54, 1.807) is 0 Å². The first-order chi connectivity index (χ1) is 7.95. The van der Waals surface area contributed by atoms with Gasteiger partial charge in [-0.25, -0.2) is 0 Å². The molecule has 96 valence electrons. The van der Waals surface area contributed by atoms with Gasteiger partial charge in [-0.05, 0) is 24.5 Å². The van der Waals surface area contributed by atoms with Gasteiger partial charge in [0.1, 0.15) is 6.61 Å². The summed E-state index contributed by atoms with van der Waals surface area (Å²) in [5, 5.41) is 0. The van der Waals surface area contributed by atoms with E-state index >= 15 is 0 Å². The highest BCUT2D eigenvalue weighted by Crippen LogP contribution is 2.27. The van der Waals surface area contributed by atoms with Gasteiger partial charge in [0.05, 0.1) is 6.61 Å². The predicted octanol–water partition coefficient (Wildman–Crippen LogP) is 2.84. The van der Waals surface area contributed by atoms with Gasteiger partial charge < -0.3 is 15.2 Å². The van der Waals surface area contributed by atoms with Crippen molar-refractivity contribution >= 4 is 0 Å². The van der Waals surface area contributed by atoms with Crippen LogP contribution in [0.1, 0.15) is 27.7 Å². The standard InChI is InChI=1S/C14H23NO2/c1-5-16-11-8-6-7-9-12(11)17-10-13(15)14(2,3)4/h6-9,13H,5,10,15H2,1-4H3. The highest BCUT2D eigenvalue weighted by Gasteiger charge is 2.21. The smallest absolute Gasteiger partial charge is 0.161 e. The minimum absolute atomic E-state index is 0.00261. The lowest BCUT2D eigenvalue weighted by Crippen LogP contribution is -2.40. The number of rotatable bonds is 5. The minimum atomic E-state index is -0.00261. The van der Waals surface area contributed by atoms with Crippen molar-refractivity contribution < 1.29 is 9.47 Å². The van der Waals surface area contributed by atoms with Crippen LogP contribution in [0.15, 0.2) is 24.3 Å². The number of ether oxygens (including phenoxy) is 2. The van der Waals surface area contributed by atoms with Gasteiger partial charge in [0, 0.05) is 6.04 Å².